The fourth-order valence-electron chi connectivity index (χ4n) is 3.54. The van der Waals surface area contributed by atoms with E-state index in [2.05, 4.69) is 11.2 Å². The first kappa shape index (κ1) is 19.7. The maximum Gasteiger partial charge on any atom is 0.267 e. The Labute approximate surface area is 177 Å². The number of aryl methyl sites for hydroxylation is 4. The maximum atomic E-state index is 13.6. The molecule has 1 amide bonds. The largest absolute Gasteiger partial charge is 0.344 e. The van der Waals surface area contributed by atoms with Crippen molar-refractivity contribution >= 4 is 39.2 Å². The van der Waals surface area contributed by atoms with Gasteiger partial charge in [0.25, 0.3) is 5.56 Å². The predicted octanol–water partition coefficient (Wildman–Crippen LogP) is 3.39. The van der Waals surface area contributed by atoms with Crippen molar-refractivity contribution in [3.05, 3.63) is 50.1 Å². The second kappa shape index (κ2) is 8.05. The number of thioether (sulfide) groups is 1. The van der Waals surface area contributed by atoms with Gasteiger partial charge in [-0.3, -0.25) is 14.2 Å². The number of nitrogens with zero attached hydrogens (tertiary/aromatic N) is 2. The molecule has 0 spiro atoms. The summed E-state index contributed by atoms with van der Waals surface area (Å²) in [4.78, 5) is 32.5. The Balaban J connectivity index is 1.84. The summed E-state index contributed by atoms with van der Waals surface area (Å²) in [5.41, 5.74) is 4.15. The van der Waals surface area contributed by atoms with E-state index < -0.39 is 0 Å². The predicted molar refractivity (Wildman–Crippen MR) is 119 cm³/mol. The van der Waals surface area contributed by atoms with E-state index in [9.17, 15) is 9.59 Å². The molecule has 0 unspecified atom stereocenters. The summed E-state index contributed by atoms with van der Waals surface area (Å²) in [5, 5.41) is 3.92. The molecule has 1 aromatic carbocycles. The highest BCUT2D eigenvalue weighted by molar-refractivity contribution is 7.99. The van der Waals surface area contributed by atoms with Crippen LogP contribution in [0, 0.1) is 26.2 Å². The monoisotopic (exact) mass is 423 g/mol. The van der Waals surface area contributed by atoms with Crippen LogP contribution in [0.1, 0.15) is 28.0 Å². The lowest BCUT2D eigenvalue weighted by Crippen LogP contribution is -2.26. The van der Waals surface area contributed by atoms with E-state index in [0.717, 1.165) is 51.9 Å². The van der Waals surface area contributed by atoms with Gasteiger partial charge in [-0.1, -0.05) is 23.7 Å². The third-order valence-corrected chi connectivity index (χ3v) is 7.30. The number of amides is 1. The van der Waals surface area contributed by atoms with E-state index in [1.807, 2.05) is 32.0 Å². The molecule has 7 heteroatoms. The van der Waals surface area contributed by atoms with Gasteiger partial charge in [0, 0.05) is 4.88 Å². The Kier molecular flexibility index (Phi) is 5.48. The molecule has 2 aromatic heterocycles. The van der Waals surface area contributed by atoms with Gasteiger partial charge in [0.1, 0.15) is 4.83 Å². The lowest BCUT2D eigenvalue weighted by Gasteiger charge is -2.14. The second-order valence-electron chi connectivity index (χ2n) is 7.11. The quantitative estimate of drug-likeness (QED) is 0.388. The minimum atomic E-state index is -0.178. The number of carbonyl (C=O) groups is 1. The third-order valence-electron chi connectivity index (χ3n) is 5.18. The molecule has 3 aromatic rings. The van der Waals surface area contributed by atoms with Gasteiger partial charge in [-0.25, -0.2) is 4.98 Å². The van der Waals surface area contributed by atoms with Crippen molar-refractivity contribution in [3.63, 3.8) is 0 Å². The molecule has 29 heavy (non-hydrogen) atoms. The summed E-state index contributed by atoms with van der Waals surface area (Å²) in [6.07, 6.45) is 8.23. The second-order valence-corrected chi connectivity index (χ2v) is 9.14. The molecular weight excluding hydrogens is 402 g/mol. The first-order chi connectivity index (χ1) is 14.0. The van der Waals surface area contributed by atoms with Gasteiger partial charge >= 0.3 is 0 Å². The number of carbonyl (C=O) groups excluding carboxylic acids is 1. The molecule has 1 aliphatic rings. The molecule has 1 aliphatic carbocycles. The molecule has 0 saturated carbocycles. The highest BCUT2D eigenvalue weighted by atomic mass is 32.2. The number of thiophene rings is 1. The average molecular weight is 424 g/mol. The SMILES string of the molecule is C#CCNC(=O)CSc1nc2sc3c(c2c(=O)n1-c1ccc(C)c(C)c1)CCC3. The van der Waals surface area contributed by atoms with Crippen molar-refractivity contribution in [2.24, 2.45) is 0 Å². The van der Waals surface area contributed by atoms with Crippen LogP contribution in [0.15, 0.2) is 28.2 Å². The minimum Gasteiger partial charge on any atom is -0.344 e. The average Bonchev–Trinajstić information content (AvgIpc) is 3.28. The number of benzene rings is 1. The first-order valence-electron chi connectivity index (χ1n) is 9.47. The van der Waals surface area contributed by atoms with Gasteiger partial charge in [0.05, 0.1) is 23.4 Å². The number of fused-ring (bicyclic) bond motifs is 3. The highest BCUT2D eigenvalue weighted by Crippen LogP contribution is 2.36. The van der Waals surface area contributed by atoms with Crippen LogP contribution >= 0.6 is 23.1 Å². The normalized spacial score (nSPS) is 12.7. The molecule has 4 rings (SSSR count). The maximum absolute atomic E-state index is 13.6. The Hall–Kier alpha value is -2.56. The molecule has 2 heterocycles. The molecule has 0 saturated heterocycles. The Bertz CT molecular complexity index is 1220. The smallest absolute Gasteiger partial charge is 0.267 e. The van der Waals surface area contributed by atoms with Crippen LogP contribution in [0.2, 0.25) is 0 Å². The van der Waals surface area contributed by atoms with Crippen molar-refractivity contribution in [1.29, 1.82) is 0 Å². The summed E-state index contributed by atoms with van der Waals surface area (Å²) in [5.74, 6) is 2.36. The van der Waals surface area contributed by atoms with E-state index in [1.165, 1.54) is 16.6 Å². The van der Waals surface area contributed by atoms with Crippen LogP contribution in [-0.4, -0.2) is 27.8 Å². The summed E-state index contributed by atoms with van der Waals surface area (Å²) in [7, 11) is 0. The van der Waals surface area contributed by atoms with Crippen molar-refractivity contribution in [3.8, 4) is 18.0 Å². The van der Waals surface area contributed by atoms with Gasteiger partial charge in [-0.05, 0) is 61.9 Å². The molecule has 5 nitrogen and oxygen atoms in total. The van der Waals surface area contributed by atoms with Crippen LogP contribution in [0.4, 0.5) is 0 Å². The fraction of sp³-hybridized carbons (Fsp3) is 0.318. The topological polar surface area (TPSA) is 64.0 Å². The fourth-order valence-corrected chi connectivity index (χ4v) is 5.69. The molecule has 1 N–H and O–H groups in total. The summed E-state index contributed by atoms with van der Waals surface area (Å²) in [6, 6.07) is 5.94. The van der Waals surface area contributed by atoms with Crippen molar-refractivity contribution in [2.75, 3.05) is 12.3 Å². The number of nitrogens with one attached hydrogen (secondary N) is 1. The standard InChI is InChI=1S/C22H21N3O2S2/c1-4-10-23-18(26)12-28-22-24-20-19(16-6-5-7-17(16)29-20)21(27)25(22)15-9-8-13(2)14(3)11-15/h1,8-9,11H,5-7,10,12H2,2-3H3,(H,23,26). The molecule has 0 bridgehead atoms. The van der Waals surface area contributed by atoms with E-state index >= 15 is 0 Å². The molecule has 0 atom stereocenters. The van der Waals surface area contributed by atoms with Crippen LogP contribution in [0.25, 0.3) is 15.9 Å². The Morgan fingerprint density at radius 2 is 2.17 bits per heavy atom. The lowest BCUT2D eigenvalue weighted by molar-refractivity contribution is -0.118. The number of rotatable bonds is 5. The zero-order chi connectivity index (χ0) is 20.5. The summed E-state index contributed by atoms with van der Waals surface area (Å²) in [6.45, 7) is 4.26. The van der Waals surface area contributed by atoms with E-state index in [1.54, 1.807) is 15.9 Å². The molecular formula is C22H21N3O2S2. The van der Waals surface area contributed by atoms with Crippen LogP contribution in [0.5, 0.6) is 0 Å². The van der Waals surface area contributed by atoms with Gasteiger partial charge in [-0.2, -0.15) is 0 Å². The van der Waals surface area contributed by atoms with Gasteiger partial charge < -0.3 is 5.32 Å². The van der Waals surface area contributed by atoms with Gasteiger partial charge in [0.2, 0.25) is 5.91 Å². The van der Waals surface area contributed by atoms with Crippen LogP contribution in [-0.2, 0) is 17.6 Å². The molecule has 148 valence electrons. The van der Waals surface area contributed by atoms with Crippen molar-refractivity contribution in [1.82, 2.24) is 14.9 Å². The Morgan fingerprint density at radius 3 is 2.93 bits per heavy atom. The van der Waals surface area contributed by atoms with E-state index in [-0.39, 0.29) is 23.8 Å². The van der Waals surface area contributed by atoms with E-state index in [4.69, 9.17) is 11.4 Å². The Morgan fingerprint density at radius 1 is 1.34 bits per heavy atom. The number of aromatic nitrogens is 2. The van der Waals surface area contributed by atoms with E-state index in [0.29, 0.717) is 5.16 Å². The number of hydrogen-bond donors (Lipinski definition) is 1. The summed E-state index contributed by atoms with van der Waals surface area (Å²) >= 11 is 2.87. The minimum absolute atomic E-state index is 0.0517. The van der Waals surface area contributed by atoms with Crippen molar-refractivity contribution < 1.29 is 4.79 Å². The van der Waals surface area contributed by atoms with Gasteiger partial charge in [-0.15, -0.1) is 17.8 Å². The molecule has 0 radical (unpaired) electrons. The molecule has 0 fully saturated rings. The zero-order valence-corrected chi connectivity index (χ0v) is 18.0. The number of hydrogen-bond acceptors (Lipinski definition) is 5. The van der Waals surface area contributed by atoms with Gasteiger partial charge in [0.15, 0.2) is 5.16 Å². The molecule has 0 aliphatic heterocycles. The lowest BCUT2D eigenvalue weighted by atomic mass is 10.1. The third kappa shape index (κ3) is 3.70. The highest BCUT2D eigenvalue weighted by Gasteiger charge is 2.24. The van der Waals surface area contributed by atoms with Crippen LogP contribution < -0.4 is 10.9 Å². The van der Waals surface area contributed by atoms with Crippen LogP contribution in [0.3, 0.4) is 0 Å². The number of terminal acetylenes is 1. The van der Waals surface area contributed by atoms with Crippen molar-refractivity contribution in [2.45, 2.75) is 38.3 Å². The summed E-state index contributed by atoms with van der Waals surface area (Å²) < 4.78 is 1.65. The first-order valence-corrected chi connectivity index (χ1v) is 11.3. The zero-order valence-electron chi connectivity index (χ0n) is 16.4.